The molecule has 246 valence electrons. The Bertz CT molecular complexity index is 792. The Hall–Kier alpha value is -1.78. The van der Waals surface area contributed by atoms with Crippen LogP contribution < -0.4 is 5.73 Å². The number of esters is 2. The minimum absolute atomic E-state index is 0.156. The highest BCUT2D eigenvalue weighted by Gasteiger charge is 2.27. The summed E-state index contributed by atoms with van der Waals surface area (Å²) in [6, 6.07) is -1.51. The molecule has 0 aliphatic heterocycles. The van der Waals surface area contributed by atoms with Crippen LogP contribution in [0, 0.1) is 0 Å². The number of carboxylic acids is 1. The maximum absolute atomic E-state index is 12.2. The van der Waals surface area contributed by atoms with E-state index < -0.39 is 51.1 Å². The molecule has 0 aliphatic rings. The fraction of sp³-hybridized carbons (Fsp3) is 0.833. The molecule has 0 saturated carbocycles. The molecule has 4 N–H and O–H groups in total. The first-order valence-electron chi connectivity index (χ1n) is 15.7. The highest BCUT2D eigenvalue weighted by atomic mass is 31.2. The Morgan fingerprint density at radius 1 is 0.762 bits per heavy atom. The van der Waals surface area contributed by atoms with E-state index in [1.807, 2.05) is 0 Å². The molecule has 0 aliphatic carbocycles. The number of phosphoric acid groups is 1. The third-order valence-corrected chi connectivity index (χ3v) is 7.52. The van der Waals surface area contributed by atoms with Crippen LogP contribution in [-0.2, 0) is 37.5 Å². The maximum atomic E-state index is 12.2. The van der Waals surface area contributed by atoms with Crippen LogP contribution in [0.4, 0.5) is 0 Å². The van der Waals surface area contributed by atoms with Crippen molar-refractivity contribution in [1.82, 2.24) is 0 Å². The van der Waals surface area contributed by atoms with Gasteiger partial charge < -0.3 is 25.2 Å². The van der Waals surface area contributed by atoms with Crippen LogP contribution in [0.15, 0.2) is 12.2 Å². The van der Waals surface area contributed by atoms with Gasteiger partial charge in [0, 0.05) is 13.3 Å². The minimum Gasteiger partial charge on any atom is -0.480 e. The zero-order valence-corrected chi connectivity index (χ0v) is 26.7. The van der Waals surface area contributed by atoms with Gasteiger partial charge in [-0.2, -0.15) is 0 Å². The number of phosphoric ester groups is 1. The number of aliphatic carboxylic acids is 1. The number of carbonyl (C=O) groups is 3. The lowest BCUT2D eigenvalue weighted by atomic mass is 10.1. The highest BCUT2D eigenvalue weighted by Crippen LogP contribution is 2.43. The third-order valence-electron chi connectivity index (χ3n) is 6.57. The van der Waals surface area contributed by atoms with Crippen LogP contribution in [-0.4, -0.2) is 59.9 Å². The van der Waals surface area contributed by atoms with Gasteiger partial charge in [0.05, 0.1) is 13.2 Å². The van der Waals surface area contributed by atoms with Crippen molar-refractivity contribution in [3.05, 3.63) is 12.2 Å². The normalized spacial score (nSPS) is 14.4. The van der Waals surface area contributed by atoms with Crippen molar-refractivity contribution in [2.75, 3.05) is 19.8 Å². The van der Waals surface area contributed by atoms with Crippen LogP contribution in [0.5, 0.6) is 0 Å². The predicted octanol–water partition coefficient (Wildman–Crippen LogP) is 6.60. The summed E-state index contributed by atoms with van der Waals surface area (Å²) in [6.45, 7) is 1.70. The predicted molar refractivity (Wildman–Crippen MR) is 162 cm³/mol. The quantitative estimate of drug-likeness (QED) is 0.0355. The number of ether oxygens (including phenoxy) is 2. The van der Waals surface area contributed by atoms with Gasteiger partial charge in [-0.3, -0.25) is 23.4 Å². The number of hydrogen-bond donors (Lipinski definition) is 3. The van der Waals surface area contributed by atoms with E-state index in [1.54, 1.807) is 0 Å². The van der Waals surface area contributed by atoms with Crippen LogP contribution >= 0.6 is 7.82 Å². The molecule has 0 aromatic carbocycles. The summed E-state index contributed by atoms with van der Waals surface area (Å²) in [5, 5.41) is 8.72. The van der Waals surface area contributed by atoms with E-state index in [9.17, 15) is 23.8 Å². The van der Waals surface area contributed by atoms with Gasteiger partial charge in [0.15, 0.2) is 6.10 Å². The molecule has 0 heterocycles. The van der Waals surface area contributed by atoms with E-state index in [4.69, 9.17) is 24.8 Å². The van der Waals surface area contributed by atoms with Gasteiger partial charge in [-0.15, -0.1) is 0 Å². The molecule has 3 unspecified atom stereocenters. The smallest absolute Gasteiger partial charge is 0.472 e. The summed E-state index contributed by atoms with van der Waals surface area (Å²) in [4.78, 5) is 43.8. The van der Waals surface area contributed by atoms with Crippen molar-refractivity contribution in [3.63, 3.8) is 0 Å². The van der Waals surface area contributed by atoms with E-state index in [2.05, 4.69) is 23.6 Å². The van der Waals surface area contributed by atoms with Crippen molar-refractivity contribution in [3.8, 4) is 0 Å². The molecule has 0 aromatic rings. The van der Waals surface area contributed by atoms with Crippen molar-refractivity contribution < 1.29 is 47.5 Å². The highest BCUT2D eigenvalue weighted by molar-refractivity contribution is 7.47. The average Bonchev–Trinajstić information content (AvgIpc) is 2.94. The zero-order valence-electron chi connectivity index (χ0n) is 25.8. The third kappa shape index (κ3) is 27.1. The Labute approximate surface area is 252 Å². The lowest BCUT2D eigenvalue weighted by molar-refractivity contribution is -0.160. The van der Waals surface area contributed by atoms with E-state index in [0.717, 1.165) is 19.3 Å². The van der Waals surface area contributed by atoms with Crippen molar-refractivity contribution in [2.45, 2.75) is 142 Å². The first kappa shape index (κ1) is 40.2. The summed E-state index contributed by atoms with van der Waals surface area (Å²) < 4.78 is 31.3. The van der Waals surface area contributed by atoms with E-state index in [-0.39, 0.29) is 13.0 Å². The lowest BCUT2D eigenvalue weighted by Crippen LogP contribution is -2.34. The topological polar surface area (TPSA) is 172 Å². The Morgan fingerprint density at radius 3 is 1.74 bits per heavy atom. The zero-order chi connectivity index (χ0) is 31.5. The van der Waals surface area contributed by atoms with Gasteiger partial charge in [0.2, 0.25) is 0 Å². The van der Waals surface area contributed by atoms with Gasteiger partial charge in [0.25, 0.3) is 0 Å². The van der Waals surface area contributed by atoms with E-state index in [1.165, 1.54) is 90.4 Å². The SMILES string of the molecule is CCCCCCCC/C=C\CCCCCCCCCCCC(=O)OC(COC(C)=O)COP(=O)(O)OCC(N)C(=O)O. The molecular weight excluding hydrogens is 565 g/mol. The number of allylic oxidation sites excluding steroid dienone is 2. The Balaban J connectivity index is 3.92. The second-order valence-electron chi connectivity index (χ2n) is 10.7. The molecule has 0 saturated heterocycles. The number of rotatable bonds is 29. The standard InChI is InChI=1S/C30H56NO10P/c1-3-4-5-6-7-8-9-10-11-12-13-14-15-16-17-18-19-20-21-22-29(33)41-27(23-38-26(2)32)24-39-42(36,37)40-25-28(31)30(34)35/h10-11,27-28H,3-9,12-25,31H2,1-2H3,(H,34,35)(H,36,37)/b11-10-. The number of nitrogens with two attached hydrogens (primary N) is 1. The Morgan fingerprint density at radius 2 is 1.24 bits per heavy atom. The molecule has 0 radical (unpaired) electrons. The number of unbranched alkanes of at least 4 members (excludes halogenated alkanes) is 15. The molecule has 42 heavy (non-hydrogen) atoms. The molecule has 0 rings (SSSR count). The average molecular weight is 622 g/mol. The molecule has 0 bridgehead atoms. The lowest BCUT2D eigenvalue weighted by Gasteiger charge is -2.20. The largest absolute Gasteiger partial charge is 0.480 e. The summed E-state index contributed by atoms with van der Waals surface area (Å²) in [7, 11) is -4.67. The molecule has 3 atom stereocenters. The van der Waals surface area contributed by atoms with Gasteiger partial charge in [0.1, 0.15) is 12.6 Å². The first-order valence-corrected chi connectivity index (χ1v) is 17.1. The molecule has 0 spiro atoms. The number of hydrogen-bond acceptors (Lipinski definition) is 9. The molecule has 0 amide bonds. The molecule has 11 nitrogen and oxygen atoms in total. The van der Waals surface area contributed by atoms with Gasteiger partial charge in [-0.05, 0) is 32.1 Å². The van der Waals surface area contributed by atoms with Crippen molar-refractivity contribution in [1.29, 1.82) is 0 Å². The van der Waals surface area contributed by atoms with Crippen LogP contribution in [0.1, 0.15) is 129 Å². The monoisotopic (exact) mass is 621 g/mol. The maximum Gasteiger partial charge on any atom is 0.472 e. The van der Waals surface area contributed by atoms with Crippen LogP contribution in [0.25, 0.3) is 0 Å². The number of carbonyl (C=O) groups excluding carboxylic acids is 2. The summed E-state index contributed by atoms with van der Waals surface area (Å²) in [5.41, 5.74) is 5.23. The molecular formula is C30H56NO10P. The second kappa shape index (κ2) is 26.8. The van der Waals surface area contributed by atoms with Crippen LogP contribution in [0.2, 0.25) is 0 Å². The fourth-order valence-electron chi connectivity index (χ4n) is 4.08. The fourth-order valence-corrected chi connectivity index (χ4v) is 4.86. The summed E-state index contributed by atoms with van der Waals surface area (Å²) in [6.07, 6.45) is 24.0. The molecule has 12 heteroatoms. The first-order chi connectivity index (χ1) is 20.1. The van der Waals surface area contributed by atoms with Gasteiger partial charge in [-0.25, -0.2) is 4.57 Å². The van der Waals surface area contributed by atoms with Gasteiger partial charge >= 0.3 is 25.7 Å². The van der Waals surface area contributed by atoms with Crippen LogP contribution in [0.3, 0.4) is 0 Å². The second-order valence-corrected chi connectivity index (χ2v) is 12.1. The molecule has 0 aromatic heterocycles. The van der Waals surface area contributed by atoms with Crippen molar-refractivity contribution >= 4 is 25.7 Å². The summed E-state index contributed by atoms with van der Waals surface area (Å²) >= 11 is 0. The minimum atomic E-state index is -4.67. The van der Waals surface area contributed by atoms with Gasteiger partial charge in [-0.1, -0.05) is 96.1 Å². The van der Waals surface area contributed by atoms with Crippen molar-refractivity contribution in [2.24, 2.45) is 5.73 Å². The number of carboxylic acid groups (broad SMARTS) is 1. The Kier molecular flexibility index (Phi) is 25.7. The van der Waals surface area contributed by atoms with E-state index >= 15 is 0 Å². The molecule has 0 fully saturated rings. The van der Waals surface area contributed by atoms with E-state index in [0.29, 0.717) is 6.42 Å². The summed E-state index contributed by atoms with van der Waals surface area (Å²) in [5.74, 6) is -2.58.